The fraction of sp³-hybridized carbons (Fsp3) is 0.273. The molecule has 0 bridgehead atoms. The highest BCUT2D eigenvalue weighted by atomic mass is 16.5. The van der Waals surface area contributed by atoms with Crippen molar-refractivity contribution in [3.63, 3.8) is 0 Å². The number of hydrogen-bond donors (Lipinski definition) is 0. The molecule has 5 nitrogen and oxygen atoms in total. The molecular weight excluding hydrogens is 340 g/mol. The van der Waals surface area contributed by atoms with E-state index in [0.29, 0.717) is 17.9 Å². The van der Waals surface area contributed by atoms with Gasteiger partial charge >= 0.3 is 0 Å². The Morgan fingerprint density at radius 3 is 2.30 bits per heavy atom. The van der Waals surface area contributed by atoms with Gasteiger partial charge in [-0.2, -0.15) is 0 Å². The molecule has 1 saturated heterocycles. The fourth-order valence-corrected chi connectivity index (χ4v) is 2.93. The Balaban J connectivity index is 1.78. The maximum Gasteiger partial charge on any atom is 0.261 e. The van der Waals surface area contributed by atoms with Crippen molar-refractivity contribution in [2.45, 2.75) is 19.8 Å². The Labute approximate surface area is 159 Å². The van der Waals surface area contributed by atoms with Gasteiger partial charge < -0.3 is 9.64 Å². The number of carbonyl (C=O) groups excluding carboxylic acids is 2. The Morgan fingerprint density at radius 1 is 1.04 bits per heavy atom. The molecule has 0 spiro atoms. The summed E-state index contributed by atoms with van der Waals surface area (Å²) in [4.78, 5) is 28.4. The summed E-state index contributed by atoms with van der Waals surface area (Å²) in [5.41, 5.74) is 3.06. The number of amides is 2. The number of ether oxygens (including phenoxy) is 1. The molecule has 0 saturated carbocycles. The van der Waals surface area contributed by atoms with E-state index in [4.69, 9.17) is 4.74 Å². The number of imide groups is 1. The molecule has 1 aliphatic heterocycles. The van der Waals surface area contributed by atoms with Gasteiger partial charge in [-0.25, -0.2) is 4.90 Å². The van der Waals surface area contributed by atoms with Crippen LogP contribution < -0.4 is 14.5 Å². The van der Waals surface area contributed by atoms with Gasteiger partial charge in [0.2, 0.25) is 5.91 Å². The monoisotopic (exact) mass is 364 g/mol. The van der Waals surface area contributed by atoms with Crippen molar-refractivity contribution in [2.75, 3.05) is 30.5 Å². The van der Waals surface area contributed by atoms with Crippen molar-refractivity contribution >= 4 is 29.3 Å². The molecule has 0 radical (unpaired) electrons. The van der Waals surface area contributed by atoms with Gasteiger partial charge in [-0.15, -0.1) is 0 Å². The Hall–Kier alpha value is -3.08. The third-order valence-electron chi connectivity index (χ3n) is 4.39. The summed E-state index contributed by atoms with van der Waals surface area (Å²) in [5, 5.41) is 0. The van der Waals surface area contributed by atoms with Crippen LogP contribution in [0.2, 0.25) is 0 Å². The van der Waals surface area contributed by atoms with Gasteiger partial charge in [-0.3, -0.25) is 9.59 Å². The third-order valence-corrected chi connectivity index (χ3v) is 4.39. The van der Waals surface area contributed by atoms with E-state index in [-0.39, 0.29) is 18.2 Å². The second-order valence-corrected chi connectivity index (χ2v) is 6.71. The van der Waals surface area contributed by atoms with E-state index in [1.54, 1.807) is 30.3 Å². The largest absolute Gasteiger partial charge is 0.494 e. The van der Waals surface area contributed by atoms with Crippen LogP contribution in [-0.2, 0) is 9.59 Å². The molecule has 2 amide bonds. The highest BCUT2D eigenvalue weighted by molar-refractivity contribution is 6.29. The molecule has 0 aromatic heterocycles. The van der Waals surface area contributed by atoms with Crippen molar-refractivity contribution in [3.8, 4) is 5.75 Å². The van der Waals surface area contributed by atoms with Crippen LogP contribution in [0.4, 0.5) is 11.4 Å². The van der Waals surface area contributed by atoms with Crippen molar-refractivity contribution in [3.05, 3.63) is 59.7 Å². The van der Waals surface area contributed by atoms with Crippen LogP contribution in [0.3, 0.4) is 0 Å². The number of carbonyl (C=O) groups is 2. The minimum atomic E-state index is -0.265. The molecule has 2 aromatic carbocycles. The first-order valence-electron chi connectivity index (χ1n) is 9.07. The zero-order valence-electron chi connectivity index (χ0n) is 15.9. The maximum absolute atomic E-state index is 12.8. The zero-order chi connectivity index (χ0) is 19.4. The highest BCUT2D eigenvalue weighted by Gasteiger charge is 2.34. The minimum absolute atomic E-state index is 0.113. The van der Waals surface area contributed by atoms with Crippen molar-refractivity contribution < 1.29 is 14.3 Å². The van der Waals surface area contributed by atoms with E-state index in [9.17, 15) is 9.59 Å². The summed E-state index contributed by atoms with van der Waals surface area (Å²) in [5.74, 6) is 0.258. The molecule has 0 atom stereocenters. The summed E-state index contributed by atoms with van der Waals surface area (Å²) in [6.07, 6.45) is 2.83. The lowest BCUT2D eigenvalue weighted by Crippen LogP contribution is -2.28. The van der Waals surface area contributed by atoms with Crippen LogP contribution in [0.5, 0.6) is 5.75 Å². The molecule has 2 aromatic rings. The van der Waals surface area contributed by atoms with E-state index in [1.165, 1.54) is 4.90 Å². The highest BCUT2D eigenvalue weighted by Crippen LogP contribution is 2.29. The number of anilines is 2. The van der Waals surface area contributed by atoms with Gasteiger partial charge in [0.15, 0.2) is 0 Å². The molecule has 140 valence electrons. The van der Waals surface area contributed by atoms with E-state index in [2.05, 4.69) is 0 Å². The topological polar surface area (TPSA) is 49.9 Å². The Morgan fingerprint density at radius 2 is 1.70 bits per heavy atom. The van der Waals surface area contributed by atoms with Crippen LogP contribution in [0.1, 0.15) is 25.3 Å². The van der Waals surface area contributed by atoms with E-state index >= 15 is 0 Å². The van der Waals surface area contributed by atoms with Crippen LogP contribution in [-0.4, -0.2) is 32.5 Å². The first-order chi connectivity index (χ1) is 13.0. The summed E-state index contributed by atoms with van der Waals surface area (Å²) in [6.45, 7) is 2.68. The summed E-state index contributed by atoms with van der Waals surface area (Å²) in [6, 6.07) is 14.9. The van der Waals surface area contributed by atoms with Crippen molar-refractivity contribution in [1.29, 1.82) is 0 Å². The van der Waals surface area contributed by atoms with E-state index < -0.39 is 0 Å². The molecule has 27 heavy (non-hydrogen) atoms. The fourth-order valence-electron chi connectivity index (χ4n) is 2.93. The SMILES string of the molecule is CCCOc1ccc(N2C(=O)C/C(=C\c3ccc(N(C)C)cc3)C2=O)cc1. The molecule has 1 fully saturated rings. The molecule has 0 unspecified atom stereocenters. The number of benzene rings is 2. The summed E-state index contributed by atoms with van der Waals surface area (Å²) < 4.78 is 5.55. The van der Waals surface area contributed by atoms with Gasteiger partial charge in [-0.05, 0) is 54.5 Å². The molecule has 3 rings (SSSR count). The molecule has 1 aliphatic rings. The lowest BCUT2D eigenvalue weighted by molar-refractivity contribution is -0.120. The third kappa shape index (κ3) is 4.19. The minimum Gasteiger partial charge on any atom is -0.494 e. The van der Waals surface area contributed by atoms with E-state index in [0.717, 1.165) is 23.4 Å². The molecular formula is C22H24N2O3. The van der Waals surface area contributed by atoms with Gasteiger partial charge in [0, 0.05) is 25.4 Å². The number of nitrogens with zero attached hydrogens (tertiary/aromatic N) is 2. The second-order valence-electron chi connectivity index (χ2n) is 6.71. The first-order valence-corrected chi connectivity index (χ1v) is 9.07. The van der Waals surface area contributed by atoms with Crippen molar-refractivity contribution in [1.82, 2.24) is 0 Å². The average molecular weight is 364 g/mol. The van der Waals surface area contributed by atoms with Crippen LogP contribution in [0.15, 0.2) is 54.1 Å². The summed E-state index contributed by atoms with van der Waals surface area (Å²) >= 11 is 0. The molecule has 1 heterocycles. The normalized spacial score (nSPS) is 15.5. The Kier molecular flexibility index (Phi) is 5.60. The number of rotatable bonds is 6. The van der Waals surface area contributed by atoms with Gasteiger partial charge in [-0.1, -0.05) is 19.1 Å². The quantitative estimate of drug-likeness (QED) is 0.576. The smallest absolute Gasteiger partial charge is 0.261 e. The van der Waals surface area contributed by atoms with Crippen molar-refractivity contribution in [2.24, 2.45) is 0 Å². The van der Waals surface area contributed by atoms with Crippen LogP contribution in [0.25, 0.3) is 6.08 Å². The van der Waals surface area contributed by atoms with Gasteiger partial charge in [0.25, 0.3) is 5.91 Å². The van der Waals surface area contributed by atoms with Gasteiger partial charge in [0.05, 0.1) is 18.7 Å². The average Bonchev–Trinajstić information content (AvgIpc) is 2.94. The first kappa shape index (κ1) is 18.7. The maximum atomic E-state index is 12.8. The van der Waals surface area contributed by atoms with E-state index in [1.807, 2.05) is 50.2 Å². The van der Waals surface area contributed by atoms with Gasteiger partial charge in [0.1, 0.15) is 5.75 Å². The lowest BCUT2D eigenvalue weighted by atomic mass is 10.1. The van der Waals surface area contributed by atoms with Crippen LogP contribution in [0, 0.1) is 0 Å². The predicted molar refractivity (Wildman–Crippen MR) is 108 cm³/mol. The standard InChI is InChI=1S/C22H24N2O3/c1-4-13-27-20-11-9-19(10-12-20)24-21(25)15-17(22(24)26)14-16-5-7-18(8-6-16)23(2)3/h5-12,14H,4,13,15H2,1-3H3/b17-14+. The zero-order valence-corrected chi connectivity index (χ0v) is 15.9. The molecule has 0 aliphatic carbocycles. The predicted octanol–water partition coefficient (Wildman–Crippen LogP) is 3.89. The Bertz CT molecular complexity index is 852. The second kappa shape index (κ2) is 8.08. The lowest BCUT2D eigenvalue weighted by Gasteiger charge is -2.14. The summed E-state index contributed by atoms with van der Waals surface area (Å²) in [7, 11) is 3.95. The number of hydrogen-bond acceptors (Lipinski definition) is 4. The molecule has 0 N–H and O–H groups in total. The van der Waals surface area contributed by atoms with Crippen LogP contribution >= 0.6 is 0 Å². The molecule has 5 heteroatoms.